The van der Waals surface area contributed by atoms with E-state index in [2.05, 4.69) is 44.7 Å². The number of rotatable bonds is 26. The molecule has 0 amide bonds. The summed E-state index contributed by atoms with van der Waals surface area (Å²) in [6, 6.07) is 0. The molecule has 0 aromatic carbocycles. The summed E-state index contributed by atoms with van der Waals surface area (Å²) >= 11 is 0. The molecule has 0 unspecified atom stereocenters. The Morgan fingerprint density at radius 1 is 0.611 bits per heavy atom. The maximum absolute atomic E-state index is 12.1. The minimum atomic E-state index is -0.0767. The first kappa shape index (κ1) is 34.9. The van der Waals surface area contributed by atoms with Crippen LogP contribution in [0.15, 0.2) is 0 Å². The molecule has 0 heterocycles. The molecular formula is C30H60N2O4. The molecule has 0 N–H and O–H groups in total. The van der Waals surface area contributed by atoms with Gasteiger partial charge in [-0.2, -0.15) is 0 Å². The van der Waals surface area contributed by atoms with Gasteiger partial charge in [-0.3, -0.25) is 9.59 Å². The van der Waals surface area contributed by atoms with Gasteiger partial charge in [0.05, 0.1) is 19.6 Å². The lowest BCUT2D eigenvalue weighted by Crippen LogP contribution is -2.31. The van der Waals surface area contributed by atoms with Crippen molar-refractivity contribution >= 4 is 11.9 Å². The molecule has 0 aliphatic heterocycles. The fraction of sp³-hybridized carbons (Fsp3) is 0.933. The van der Waals surface area contributed by atoms with Gasteiger partial charge in [-0.1, -0.05) is 78.6 Å². The summed E-state index contributed by atoms with van der Waals surface area (Å²) in [7, 11) is 4.20. The minimum absolute atomic E-state index is 0.0340. The lowest BCUT2D eigenvalue weighted by molar-refractivity contribution is -0.145. The van der Waals surface area contributed by atoms with Crippen LogP contribution in [0.5, 0.6) is 0 Å². The van der Waals surface area contributed by atoms with Crippen molar-refractivity contribution in [2.24, 2.45) is 5.92 Å². The molecule has 0 bridgehead atoms. The molecule has 0 saturated carbocycles. The van der Waals surface area contributed by atoms with Crippen LogP contribution in [0, 0.1) is 5.92 Å². The van der Waals surface area contributed by atoms with E-state index in [1.165, 1.54) is 38.5 Å². The summed E-state index contributed by atoms with van der Waals surface area (Å²) in [4.78, 5) is 28.6. The molecule has 0 radical (unpaired) electrons. The second-order valence-corrected chi connectivity index (χ2v) is 11.0. The molecule has 0 aromatic rings. The normalized spacial score (nSPS) is 11.6. The lowest BCUT2D eigenvalue weighted by atomic mass is 10.1. The third kappa shape index (κ3) is 25.9. The van der Waals surface area contributed by atoms with E-state index in [0.29, 0.717) is 32.0 Å². The number of hydrogen-bond acceptors (Lipinski definition) is 6. The monoisotopic (exact) mass is 512 g/mol. The van der Waals surface area contributed by atoms with Crippen molar-refractivity contribution in [3.63, 3.8) is 0 Å². The minimum Gasteiger partial charge on any atom is -0.466 e. The van der Waals surface area contributed by atoms with Crippen LogP contribution in [-0.4, -0.2) is 75.2 Å². The van der Waals surface area contributed by atoms with Gasteiger partial charge >= 0.3 is 11.9 Å². The maximum atomic E-state index is 12.1. The molecule has 0 rings (SSSR count). The molecule has 0 aliphatic rings. The molecule has 0 aliphatic carbocycles. The predicted octanol–water partition coefficient (Wildman–Crippen LogP) is 6.85. The molecule has 0 spiro atoms. The molecule has 0 atom stereocenters. The van der Waals surface area contributed by atoms with Crippen LogP contribution in [0.4, 0.5) is 0 Å². The fourth-order valence-electron chi connectivity index (χ4n) is 4.13. The Morgan fingerprint density at radius 3 is 1.83 bits per heavy atom. The van der Waals surface area contributed by atoms with Crippen LogP contribution in [-0.2, 0) is 19.1 Å². The smallest absolute Gasteiger partial charge is 0.307 e. The number of unbranched alkanes of at least 4 members (excludes halogenated alkanes) is 10. The Kier molecular flexibility index (Phi) is 24.7. The van der Waals surface area contributed by atoms with Gasteiger partial charge in [0.2, 0.25) is 0 Å². The van der Waals surface area contributed by atoms with Crippen molar-refractivity contribution < 1.29 is 19.1 Å². The van der Waals surface area contributed by atoms with Crippen molar-refractivity contribution in [1.29, 1.82) is 0 Å². The highest BCUT2D eigenvalue weighted by Gasteiger charge is 2.10. The highest BCUT2D eigenvalue weighted by molar-refractivity contribution is 5.69. The topological polar surface area (TPSA) is 59.1 Å². The van der Waals surface area contributed by atoms with E-state index in [0.717, 1.165) is 77.5 Å². The zero-order valence-corrected chi connectivity index (χ0v) is 24.7. The number of carbonyl (C=O) groups is 2. The van der Waals surface area contributed by atoms with Gasteiger partial charge in [-0.15, -0.1) is 0 Å². The molecule has 214 valence electrons. The van der Waals surface area contributed by atoms with Crippen molar-refractivity contribution in [1.82, 2.24) is 9.80 Å². The van der Waals surface area contributed by atoms with E-state index in [1.54, 1.807) is 0 Å². The van der Waals surface area contributed by atoms with Gasteiger partial charge in [-0.25, -0.2) is 0 Å². The third-order valence-electron chi connectivity index (χ3n) is 6.54. The molecule has 36 heavy (non-hydrogen) atoms. The number of nitrogens with zero attached hydrogens (tertiary/aromatic N) is 2. The average molecular weight is 513 g/mol. The SMILES string of the molecule is CCCCCCCCCOC(=O)CCCCCCCN(CCCN(C)C)CCC(=O)OCCC(C)C. The summed E-state index contributed by atoms with van der Waals surface area (Å²) in [5.41, 5.74) is 0. The molecular weight excluding hydrogens is 452 g/mol. The van der Waals surface area contributed by atoms with E-state index >= 15 is 0 Å². The Hall–Kier alpha value is -1.14. The van der Waals surface area contributed by atoms with Gasteiger partial charge in [0.25, 0.3) is 0 Å². The Labute approximate surface area is 223 Å². The van der Waals surface area contributed by atoms with Crippen LogP contribution >= 0.6 is 0 Å². The predicted molar refractivity (Wildman–Crippen MR) is 151 cm³/mol. The lowest BCUT2D eigenvalue weighted by Gasteiger charge is -2.23. The highest BCUT2D eigenvalue weighted by atomic mass is 16.5. The van der Waals surface area contributed by atoms with E-state index in [-0.39, 0.29) is 11.9 Å². The van der Waals surface area contributed by atoms with Crippen LogP contribution in [0.1, 0.15) is 124 Å². The van der Waals surface area contributed by atoms with Crippen LogP contribution in [0.25, 0.3) is 0 Å². The first-order valence-electron chi connectivity index (χ1n) is 15.0. The zero-order valence-electron chi connectivity index (χ0n) is 24.7. The van der Waals surface area contributed by atoms with Crippen molar-refractivity contribution in [2.45, 2.75) is 124 Å². The average Bonchev–Trinajstić information content (AvgIpc) is 2.82. The molecule has 0 saturated heterocycles. The summed E-state index contributed by atoms with van der Waals surface area (Å²) in [5.74, 6) is 0.446. The number of ether oxygens (including phenoxy) is 2. The highest BCUT2D eigenvalue weighted by Crippen LogP contribution is 2.10. The largest absolute Gasteiger partial charge is 0.466 e. The van der Waals surface area contributed by atoms with Crippen LogP contribution in [0.2, 0.25) is 0 Å². The summed E-state index contributed by atoms with van der Waals surface area (Å²) < 4.78 is 10.8. The number of hydrogen-bond donors (Lipinski definition) is 0. The first-order valence-corrected chi connectivity index (χ1v) is 15.0. The standard InChI is InChI=1S/C30H60N2O4/c1-6-7-8-9-10-14-17-26-35-29(33)19-15-12-11-13-16-23-32(24-18-22-31(4)5)25-20-30(34)36-27-21-28(2)3/h28H,6-27H2,1-5H3. The van der Waals surface area contributed by atoms with E-state index < -0.39 is 0 Å². The van der Waals surface area contributed by atoms with E-state index in [9.17, 15) is 9.59 Å². The first-order chi connectivity index (χ1) is 17.3. The second kappa shape index (κ2) is 25.5. The number of carbonyl (C=O) groups excluding carboxylic acids is 2. The van der Waals surface area contributed by atoms with Crippen molar-refractivity contribution in [2.75, 3.05) is 53.5 Å². The number of esters is 2. The summed E-state index contributed by atoms with van der Waals surface area (Å²) in [6.07, 6.45) is 17.2. The summed E-state index contributed by atoms with van der Waals surface area (Å²) in [6.45, 7) is 11.5. The molecule has 6 nitrogen and oxygen atoms in total. The molecule has 6 heteroatoms. The second-order valence-electron chi connectivity index (χ2n) is 11.0. The van der Waals surface area contributed by atoms with Gasteiger partial charge in [0.15, 0.2) is 0 Å². The zero-order chi connectivity index (χ0) is 26.9. The Bertz CT molecular complexity index is 511. The molecule has 0 aromatic heterocycles. The quantitative estimate of drug-likeness (QED) is 0.0932. The Morgan fingerprint density at radius 2 is 1.17 bits per heavy atom. The van der Waals surface area contributed by atoms with Gasteiger partial charge in [0, 0.05) is 13.0 Å². The van der Waals surface area contributed by atoms with Crippen molar-refractivity contribution in [3.8, 4) is 0 Å². The van der Waals surface area contributed by atoms with Crippen LogP contribution in [0.3, 0.4) is 0 Å². The Balaban J connectivity index is 3.85. The van der Waals surface area contributed by atoms with Gasteiger partial charge in [0.1, 0.15) is 0 Å². The van der Waals surface area contributed by atoms with Gasteiger partial charge < -0.3 is 19.3 Å². The van der Waals surface area contributed by atoms with Crippen LogP contribution < -0.4 is 0 Å². The summed E-state index contributed by atoms with van der Waals surface area (Å²) in [5, 5.41) is 0. The van der Waals surface area contributed by atoms with E-state index in [4.69, 9.17) is 9.47 Å². The van der Waals surface area contributed by atoms with Crippen molar-refractivity contribution in [3.05, 3.63) is 0 Å². The van der Waals surface area contributed by atoms with Gasteiger partial charge in [-0.05, 0) is 71.8 Å². The fourth-order valence-corrected chi connectivity index (χ4v) is 4.13. The molecule has 0 fully saturated rings. The maximum Gasteiger partial charge on any atom is 0.307 e. The third-order valence-corrected chi connectivity index (χ3v) is 6.54. The van der Waals surface area contributed by atoms with E-state index in [1.807, 2.05) is 0 Å².